The Labute approximate surface area is 153 Å². The minimum atomic E-state index is 0.226. The van der Waals surface area contributed by atoms with Gasteiger partial charge in [0.15, 0.2) is 0 Å². The van der Waals surface area contributed by atoms with Crippen molar-refractivity contribution in [3.8, 4) is 0 Å². The SMILES string of the molecule is Cn1ccnc1CN(Cc1ccc2n(c1=O)C[C@@H]1CNC[C@H]2C1)C1CC1. The van der Waals surface area contributed by atoms with Crippen molar-refractivity contribution in [3.05, 3.63) is 52.0 Å². The molecule has 0 unspecified atom stereocenters. The Bertz CT molecular complexity index is 865. The maximum absolute atomic E-state index is 13.2. The zero-order valence-corrected chi connectivity index (χ0v) is 15.4. The van der Waals surface area contributed by atoms with E-state index in [-0.39, 0.29) is 5.56 Å². The molecule has 2 aromatic heterocycles. The van der Waals surface area contributed by atoms with Gasteiger partial charge in [-0.3, -0.25) is 9.69 Å². The number of imidazole rings is 1. The van der Waals surface area contributed by atoms with Crippen molar-refractivity contribution in [2.45, 2.75) is 50.9 Å². The van der Waals surface area contributed by atoms with Crippen LogP contribution in [0, 0.1) is 5.92 Å². The highest BCUT2D eigenvalue weighted by atomic mass is 16.1. The first-order valence-electron chi connectivity index (χ1n) is 9.82. The van der Waals surface area contributed by atoms with Crippen LogP contribution in [0.1, 0.15) is 42.3 Å². The number of nitrogens with one attached hydrogen (secondary N) is 1. The Balaban J connectivity index is 1.42. The molecule has 6 heteroatoms. The lowest BCUT2D eigenvalue weighted by Crippen LogP contribution is -2.45. The molecular formula is C20H27N5O. The molecule has 1 saturated carbocycles. The summed E-state index contributed by atoms with van der Waals surface area (Å²) in [5, 5.41) is 3.51. The number of aryl methyl sites for hydroxylation is 1. The van der Waals surface area contributed by atoms with E-state index < -0.39 is 0 Å². The normalized spacial score (nSPS) is 24.7. The standard InChI is InChI=1S/C20H27N5O/c1-23-7-6-22-19(23)13-24(17-3-4-17)12-15-2-5-18-16-8-14(9-21-10-16)11-25(18)20(15)26/h2,5-7,14,16-17,21H,3-4,8-13H2,1H3/t14-,16+/m0/s1. The van der Waals surface area contributed by atoms with Crippen LogP contribution in [0.2, 0.25) is 0 Å². The Kier molecular flexibility index (Phi) is 3.98. The number of piperidine rings is 1. The molecule has 138 valence electrons. The lowest BCUT2D eigenvalue weighted by molar-refractivity contribution is 0.231. The Morgan fingerprint density at radius 2 is 2.15 bits per heavy atom. The summed E-state index contributed by atoms with van der Waals surface area (Å²) in [6.07, 6.45) is 7.51. The maximum Gasteiger partial charge on any atom is 0.255 e. The quantitative estimate of drug-likeness (QED) is 0.884. The van der Waals surface area contributed by atoms with E-state index in [0.717, 1.165) is 44.1 Å². The van der Waals surface area contributed by atoms with E-state index in [0.29, 0.717) is 17.9 Å². The molecule has 1 saturated heterocycles. The summed E-state index contributed by atoms with van der Waals surface area (Å²) in [6, 6.07) is 4.88. The van der Waals surface area contributed by atoms with Gasteiger partial charge in [0.1, 0.15) is 5.82 Å². The smallest absolute Gasteiger partial charge is 0.255 e. The molecule has 2 atom stereocenters. The van der Waals surface area contributed by atoms with Crippen molar-refractivity contribution < 1.29 is 0 Å². The minimum absolute atomic E-state index is 0.226. The second kappa shape index (κ2) is 6.35. The van der Waals surface area contributed by atoms with E-state index in [4.69, 9.17) is 0 Å². The van der Waals surface area contributed by atoms with Gasteiger partial charge in [-0.1, -0.05) is 6.07 Å². The molecule has 0 aromatic carbocycles. The molecule has 0 radical (unpaired) electrons. The number of nitrogens with zero attached hydrogens (tertiary/aromatic N) is 4. The first kappa shape index (κ1) is 16.3. The second-order valence-corrected chi connectivity index (χ2v) is 8.25. The summed E-state index contributed by atoms with van der Waals surface area (Å²) in [6.45, 7) is 4.45. The Hall–Kier alpha value is -1.92. The van der Waals surface area contributed by atoms with Gasteiger partial charge < -0.3 is 14.5 Å². The van der Waals surface area contributed by atoms with Crippen LogP contribution < -0.4 is 10.9 Å². The first-order chi connectivity index (χ1) is 12.7. The first-order valence-corrected chi connectivity index (χ1v) is 9.82. The van der Waals surface area contributed by atoms with E-state index >= 15 is 0 Å². The number of aromatic nitrogens is 3. The summed E-state index contributed by atoms with van der Waals surface area (Å²) >= 11 is 0. The molecule has 6 nitrogen and oxygen atoms in total. The number of rotatable bonds is 5. The topological polar surface area (TPSA) is 55.1 Å². The Morgan fingerprint density at radius 3 is 2.92 bits per heavy atom. The predicted octanol–water partition coefficient (Wildman–Crippen LogP) is 1.45. The fourth-order valence-electron chi connectivity index (χ4n) is 4.66. The largest absolute Gasteiger partial charge is 0.337 e. The van der Waals surface area contributed by atoms with Crippen molar-refractivity contribution in [3.63, 3.8) is 0 Å². The van der Waals surface area contributed by atoms with Crippen LogP contribution in [0.4, 0.5) is 0 Å². The molecule has 1 aliphatic carbocycles. The van der Waals surface area contributed by atoms with Crippen LogP contribution in [-0.4, -0.2) is 38.1 Å². The van der Waals surface area contributed by atoms with Crippen LogP contribution in [0.25, 0.3) is 0 Å². The molecule has 4 heterocycles. The lowest BCUT2D eigenvalue weighted by atomic mass is 9.84. The van der Waals surface area contributed by atoms with Crippen molar-refractivity contribution >= 4 is 0 Å². The van der Waals surface area contributed by atoms with Gasteiger partial charge in [0, 0.05) is 62.3 Å². The number of hydrogen-bond acceptors (Lipinski definition) is 4. The fourth-order valence-corrected chi connectivity index (χ4v) is 4.66. The summed E-state index contributed by atoms with van der Waals surface area (Å²) in [4.78, 5) is 20.1. The second-order valence-electron chi connectivity index (χ2n) is 8.25. The fraction of sp³-hybridized carbons (Fsp3) is 0.600. The molecule has 5 rings (SSSR count). The minimum Gasteiger partial charge on any atom is -0.337 e. The monoisotopic (exact) mass is 353 g/mol. The van der Waals surface area contributed by atoms with E-state index in [1.54, 1.807) is 0 Å². The molecule has 3 aliphatic rings. The van der Waals surface area contributed by atoms with Crippen LogP contribution in [0.3, 0.4) is 0 Å². The molecule has 0 amide bonds. The number of fused-ring (bicyclic) bond motifs is 4. The van der Waals surface area contributed by atoms with Gasteiger partial charge in [-0.25, -0.2) is 4.98 Å². The van der Waals surface area contributed by atoms with E-state index in [1.807, 2.05) is 19.4 Å². The molecular weight excluding hydrogens is 326 g/mol. The Morgan fingerprint density at radius 1 is 1.27 bits per heavy atom. The van der Waals surface area contributed by atoms with Crippen molar-refractivity contribution in [1.82, 2.24) is 24.3 Å². The van der Waals surface area contributed by atoms with Crippen LogP contribution in [0.5, 0.6) is 0 Å². The van der Waals surface area contributed by atoms with Crippen LogP contribution in [0.15, 0.2) is 29.3 Å². The molecule has 2 aromatic rings. The van der Waals surface area contributed by atoms with Crippen molar-refractivity contribution in [2.75, 3.05) is 13.1 Å². The third-order valence-electron chi connectivity index (χ3n) is 6.29. The molecule has 2 fully saturated rings. The van der Waals surface area contributed by atoms with Gasteiger partial charge in [0.25, 0.3) is 5.56 Å². The van der Waals surface area contributed by atoms with Gasteiger partial charge in [-0.05, 0) is 37.8 Å². The lowest BCUT2D eigenvalue weighted by Gasteiger charge is -2.37. The summed E-state index contributed by atoms with van der Waals surface area (Å²) in [5.41, 5.74) is 2.39. The molecule has 0 spiro atoms. The van der Waals surface area contributed by atoms with Gasteiger partial charge in [0.05, 0.1) is 6.54 Å². The highest BCUT2D eigenvalue weighted by molar-refractivity contribution is 5.22. The zero-order chi connectivity index (χ0) is 17.7. The molecule has 2 aliphatic heterocycles. The van der Waals surface area contributed by atoms with Gasteiger partial charge >= 0.3 is 0 Å². The number of hydrogen-bond donors (Lipinski definition) is 1. The van der Waals surface area contributed by atoms with Gasteiger partial charge in [-0.15, -0.1) is 0 Å². The predicted molar refractivity (Wildman–Crippen MR) is 99.9 cm³/mol. The van der Waals surface area contributed by atoms with E-state index in [9.17, 15) is 4.79 Å². The maximum atomic E-state index is 13.2. The summed E-state index contributed by atoms with van der Waals surface area (Å²) < 4.78 is 4.14. The third-order valence-corrected chi connectivity index (χ3v) is 6.29. The summed E-state index contributed by atoms with van der Waals surface area (Å²) in [7, 11) is 2.04. The third kappa shape index (κ3) is 2.91. The van der Waals surface area contributed by atoms with Crippen molar-refractivity contribution in [1.29, 1.82) is 0 Å². The van der Waals surface area contributed by atoms with Crippen LogP contribution in [-0.2, 0) is 26.7 Å². The average molecular weight is 353 g/mol. The van der Waals surface area contributed by atoms with Crippen LogP contribution >= 0.6 is 0 Å². The average Bonchev–Trinajstić information content (AvgIpc) is 3.41. The van der Waals surface area contributed by atoms with E-state index in [2.05, 4.69) is 36.5 Å². The van der Waals surface area contributed by atoms with Gasteiger partial charge in [-0.2, -0.15) is 0 Å². The molecule has 26 heavy (non-hydrogen) atoms. The summed E-state index contributed by atoms with van der Waals surface area (Å²) in [5.74, 6) is 2.16. The number of pyridine rings is 1. The van der Waals surface area contributed by atoms with Crippen molar-refractivity contribution in [2.24, 2.45) is 13.0 Å². The van der Waals surface area contributed by atoms with Gasteiger partial charge in [0.2, 0.25) is 0 Å². The highest BCUT2D eigenvalue weighted by Gasteiger charge is 2.33. The molecule has 1 N–H and O–H groups in total. The highest BCUT2D eigenvalue weighted by Crippen LogP contribution is 2.33. The van der Waals surface area contributed by atoms with E-state index in [1.165, 1.54) is 25.0 Å². The molecule has 2 bridgehead atoms. The zero-order valence-electron chi connectivity index (χ0n) is 15.4.